The van der Waals surface area contributed by atoms with Crippen molar-refractivity contribution in [1.29, 1.82) is 0 Å². The number of aromatic nitrogens is 4. The average Bonchev–Trinajstić information content (AvgIpc) is 3.20. The van der Waals surface area contributed by atoms with Crippen LogP contribution in [0.2, 0.25) is 5.02 Å². The summed E-state index contributed by atoms with van der Waals surface area (Å²) in [4.78, 5) is 14.1. The molecule has 6 nitrogen and oxygen atoms in total. The lowest BCUT2D eigenvalue weighted by atomic mass is 10.1. The molecule has 26 heavy (non-hydrogen) atoms. The van der Waals surface area contributed by atoms with Gasteiger partial charge in [0.1, 0.15) is 23.5 Å². The van der Waals surface area contributed by atoms with Gasteiger partial charge in [-0.05, 0) is 31.2 Å². The summed E-state index contributed by atoms with van der Waals surface area (Å²) in [7, 11) is 2.15. The Hall–Kier alpha value is -2.22. The lowest BCUT2D eigenvalue weighted by Crippen LogP contribution is -2.25. The fraction of sp³-hybridized carbons (Fsp3) is 0.278. The Labute approximate surface area is 159 Å². The van der Waals surface area contributed by atoms with Crippen molar-refractivity contribution in [2.24, 2.45) is 0 Å². The van der Waals surface area contributed by atoms with E-state index in [0.717, 1.165) is 35.4 Å². The van der Waals surface area contributed by atoms with Gasteiger partial charge in [0, 0.05) is 18.0 Å². The maximum atomic E-state index is 6.14. The molecule has 5 rings (SSSR count). The molecule has 0 bridgehead atoms. The van der Waals surface area contributed by atoms with Gasteiger partial charge in [0.25, 0.3) is 0 Å². The Morgan fingerprint density at radius 1 is 1.31 bits per heavy atom. The number of halogens is 1. The van der Waals surface area contributed by atoms with Gasteiger partial charge in [0.05, 0.1) is 10.4 Å². The second-order valence-corrected chi connectivity index (χ2v) is 7.92. The lowest BCUT2D eigenvalue weighted by molar-refractivity contribution is 0.296. The van der Waals surface area contributed by atoms with Crippen molar-refractivity contribution in [2.75, 3.05) is 13.6 Å². The monoisotopic (exact) mass is 385 g/mol. The zero-order valence-corrected chi connectivity index (χ0v) is 15.7. The van der Waals surface area contributed by atoms with Gasteiger partial charge < -0.3 is 9.64 Å². The summed E-state index contributed by atoms with van der Waals surface area (Å²) in [6.45, 7) is 2.29. The van der Waals surface area contributed by atoms with Crippen LogP contribution in [0.5, 0.6) is 5.75 Å². The zero-order chi connectivity index (χ0) is 17.7. The second-order valence-electron chi connectivity index (χ2n) is 6.43. The molecule has 0 saturated heterocycles. The molecule has 132 valence electrons. The normalized spacial score (nSPS) is 14.8. The van der Waals surface area contributed by atoms with E-state index in [4.69, 9.17) is 21.3 Å². The van der Waals surface area contributed by atoms with Crippen LogP contribution in [0.25, 0.3) is 15.9 Å². The minimum Gasteiger partial charge on any atom is -0.484 e. The topological polar surface area (TPSA) is 55.6 Å². The smallest absolute Gasteiger partial charge is 0.189 e. The van der Waals surface area contributed by atoms with Crippen LogP contribution in [-0.2, 0) is 19.6 Å². The van der Waals surface area contributed by atoms with Gasteiger partial charge in [0.15, 0.2) is 11.5 Å². The van der Waals surface area contributed by atoms with Crippen LogP contribution in [-0.4, -0.2) is 38.1 Å². The SMILES string of the molecule is CN1CCc2c(sc3ncn4nc(COc5ccccc5Cl)nc4c23)C1. The third-order valence-electron chi connectivity index (χ3n) is 4.61. The van der Waals surface area contributed by atoms with E-state index >= 15 is 0 Å². The number of fused-ring (bicyclic) bond motifs is 5. The molecular weight excluding hydrogens is 370 g/mol. The van der Waals surface area contributed by atoms with Gasteiger partial charge in [-0.25, -0.2) is 14.5 Å². The number of likely N-dealkylation sites (N-methyl/N-ethyl adjacent to an activating group) is 1. The zero-order valence-electron chi connectivity index (χ0n) is 14.1. The summed E-state index contributed by atoms with van der Waals surface area (Å²) in [5.74, 6) is 1.25. The first kappa shape index (κ1) is 16.0. The van der Waals surface area contributed by atoms with E-state index in [1.807, 2.05) is 18.2 Å². The first-order valence-corrected chi connectivity index (χ1v) is 9.59. The Morgan fingerprint density at radius 3 is 3.08 bits per heavy atom. The number of ether oxygens (including phenoxy) is 1. The number of para-hydroxylation sites is 1. The molecule has 4 aromatic rings. The maximum Gasteiger partial charge on any atom is 0.189 e. The number of hydrogen-bond acceptors (Lipinski definition) is 6. The highest BCUT2D eigenvalue weighted by atomic mass is 35.5. The Bertz CT molecular complexity index is 1120. The third-order valence-corrected chi connectivity index (χ3v) is 6.04. The Morgan fingerprint density at radius 2 is 2.19 bits per heavy atom. The fourth-order valence-electron chi connectivity index (χ4n) is 3.33. The van der Waals surface area contributed by atoms with Crippen LogP contribution in [0.1, 0.15) is 16.3 Å². The van der Waals surface area contributed by atoms with E-state index in [1.165, 1.54) is 10.4 Å². The molecule has 0 N–H and O–H groups in total. The van der Waals surface area contributed by atoms with E-state index in [-0.39, 0.29) is 6.61 Å². The maximum absolute atomic E-state index is 6.14. The van der Waals surface area contributed by atoms with Gasteiger partial charge in [0.2, 0.25) is 0 Å². The number of thiophene rings is 1. The highest BCUT2D eigenvalue weighted by Crippen LogP contribution is 2.35. The predicted molar refractivity (Wildman–Crippen MR) is 102 cm³/mol. The number of hydrogen-bond donors (Lipinski definition) is 0. The van der Waals surface area contributed by atoms with Crippen LogP contribution >= 0.6 is 22.9 Å². The van der Waals surface area contributed by atoms with Crippen LogP contribution in [0, 0.1) is 0 Å². The molecular formula is C18H16ClN5OS. The summed E-state index contributed by atoms with van der Waals surface area (Å²) < 4.78 is 7.53. The van der Waals surface area contributed by atoms with Crippen molar-refractivity contribution in [2.45, 2.75) is 19.6 Å². The highest BCUT2D eigenvalue weighted by molar-refractivity contribution is 7.19. The molecule has 4 heterocycles. The molecule has 0 amide bonds. The Kier molecular flexibility index (Phi) is 3.81. The number of rotatable bonds is 3. The Balaban J connectivity index is 1.53. The summed E-state index contributed by atoms with van der Waals surface area (Å²) in [6, 6.07) is 7.40. The van der Waals surface area contributed by atoms with E-state index in [2.05, 4.69) is 22.0 Å². The summed E-state index contributed by atoms with van der Waals surface area (Å²) >= 11 is 7.90. The second kappa shape index (κ2) is 6.19. The van der Waals surface area contributed by atoms with E-state index < -0.39 is 0 Å². The molecule has 0 saturated carbocycles. The van der Waals surface area contributed by atoms with Gasteiger partial charge in [-0.1, -0.05) is 23.7 Å². The first-order valence-electron chi connectivity index (χ1n) is 8.39. The van der Waals surface area contributed by atoms with E-state index in [9.17, 15) is 0 Å². The minimum absolute atomic E-state index is 0.266. The van der Waals surface area contributed by atoms with E-state index in [1.54, 1.807) is 28.2 Å². The van der Waals surface area contributed by atoms with Crippen molar-refractivity contribution >= 4 is 38.8 Å². The molecule has 0 unspecified atom stereocenters. The van der Waals surface area contributed by atoms with Crippen LogP contribution < -0.4 is 4.74 Å². The van der Waals surface area contributed by atoms with Crippen molar-refractivity contribution in [3.05, 3.63) is 51.9 Å². The molecule has 0 radical (unpaired) electrons. The predicted octanol–water partition coefficient (Wildman–Crippen LogP) is 3.56. The quantitative estimate of drug-likeness (QED) is 0.539. The van der Waals surface area contributed by atoms with Crippen molar-refractivity contribution in [3.63, 3.8) is 0 Å². The third kappa shape index (κ3) is 2.63. The summed E-state index contributed by atoms with van der Waals surface area (Å²) in [5, 5.41) is 6.24. The van der Waals surface area contributed by atoms with Gasteiger partial charge in [-0.15, -0.1) is 16.4 Å². The van der Waals surface area contributed by atoms with E-state index in [0.29, 0.717) is 16.6 Å². The molecule has 0 aliphatic carbocycles. The van der Waals surface area contributed by atoms with Crippen LogP contribution in [0.4, 0.5) is 0 Å². The van der Waals surface area contributed by atoms with Gasteiger partial charge in [-0.3, -0.25) is 0 Å². The largest absolute Gasteiger partial charge is 0.484 e. The molecule has 1 aliphatic heterocycles. The minimum atomic E-state index is 0.266. The highest BCUT2D eigenvalue weighted by Gasteiger charge is 2.22. The summed E-state index contributed by atoms with van der Waals surface area (Å²) in [5.41, 5.74) is 2.22. The lowest BCUT2D eigenvalue weighted by Gasteiger charge is -2.21. The molecule has 0 spiro atoms. The summed E-state index contributed by atoms with van der Waals surface area (Å²) in [6.07, 6.45) is 2.75. The molecule has 8 heteroatoms. The first-order chi connectivity index (χ1) is 12.7. The fourth-order valence-corrected chi connectivity index (χ4v) is 4.78. The molecule has 3 aromatic heterocycles. The molecule has 1 aromatic carbocycles. The number of benzene rings is 1. The van der Waals surface area contributed by atoms with Gasteiger partial charge >= 0.3 is 0 Å². The van der Waals surface area contributed by atoms with Gasteiger partial charge in [-0.2, -0.15) is 0 Å². The number of nitrogens with zero attached hydrogens (tertiary/aromatic N) is 5. The molecule has 1 aliphatic rings. The van der Waals surface area contributed by atoms with Crippen LogP contribution in [0.15, 0.2) is 30.6 Å². The average molecular weight is 386 g/mol. The van der Waals surface area contributed by atoms with Crippen molar-refractivity contribution < 1.29 is 4.74 Å². The van der Waals surface area contributed by atoms with Crippen molar-refractivity contribution in [1.82, 2.24) is 24.5 Å². The molecule has 0 atom stereocenters. The molecule has 0 fully saturated rings. The van der Waals surface area contributed by atoms with Crippen LogP contribution in [0.3, 0.4) is 0 Å². The van der Waals surface area contributed by atoms with Crippen molar-refractivity contribution in [3.8, 4) is 5.75 Å². The standard InChI is InChI=1S/C18H16ClN5OS/c1-23-7-6-11-14(8-23)26-18-16(11)17-21-15(22-24(17)10-20-18)9-25-13-5-3-2-4-12(13)19/h2-5,10H,6-9H2,1H3.